The summed E-state index contributed by atoms with van der Waals surface area (Å²) in [6.07, 6.45) is 8.47. The van der Waals surface area contributed by atoms with E-state index in [9.17, 15) is 4.79 Å². The Labute approximate surface area is 124 Å². The summed E-state index contributed by atoms with van der Waals surface area (Å²) in [5, 5.41) is 0. The van der Waals surface area contributed by atoms with Gasteiger partial charge in [-0.25, -0.2) is 4.98 Å². The summed E-state index contributed by atoms with van der Waals surface area (Å²) in [6.45, 7) is 1.22. The van der Waals surface area contributed by atoms with Gasteiger partial charge in [-0.15, -0.1) is 0 Å². The van der Waals surface area contributed by atoms with Gasteiger partial charge in [0.15, 0.2) is 5.78 Å². The van der Waals surface area contributed by atoms with Crippen molar-refractivity contribution in [2.75, 3.05) is 6.61 Å². The Morgan fingerprint density at radius 2 is 2.14 bits per heavy atom. The van der Waals surface area contributed by atoms with Crippen molar-refractivity contribution in [3.8, 4) is 0 Å². The smallest absolute Gasteiger partial charge is 0.157 e. The lowest BCUT2D eigenvalue weighted by molar-refractivity contribution is -0.115. The van der Waals surface area contributed by atoms with Crippen molar-refractivity contribution in [2.45, 2.75) is 19.4 Å². The number of carbonyl (C=O) groups is 1. The van der Waals surface area contributed by atoms with Crippen molar-refractivity contribution in [3.63, 3.8) is 0 Å². The molecule has 0 saturated heterocycles. The van der Waals surface area contributed by atoms with Crippen molar-refractivity contribution >= 4 is 11.5 Å². The maximum absolute atomic E-state index is 11.7. The molecule has 3 rings (SSSR count). The lowest BCUT2D eigenvalue weighted by Gasteiger charge is -2.24. The molecule has 1 heterocycles. The number of hydrogen-bond acceptors (Lipinski definition) is 3. The molecule has 1 aliphatic rings. The first-order chi connectivity index (χ1) is 10.3. The van der Waals surface area contributed by atoms with E-state index in [1.54, 1.807) is 18.6 Å². The first-order valence-electron chi connectivity index (χ1n) is 7.17. The van der Waals surface area contributed by atoms with Gasteiger partial charge in [-0.1, -0.05) is 30.3 Å². The summed E-state index contributed by atoms with van der Waals surface area (Å²) in [6, 6.07) is 10.1. The lowest BCUT2D eigenvalue weighted by atomic mass is 9.92. The third-order valence-corrected chi connectivity index (χ3v) is 3.70. The van der Waals surface area contributed by atoms with Gasteiger partial charge in [0.2, 0.25) is 0 Å². The standard InChI is InChI=1S/C17H18N2O2/c20-16-7-6-15(17(10-16)19-9-8-18-13-19)12-21-11-14-4-2-1-3-5-14/h1-5,8-10,13,15H,6-7,11-12H2. The van der Waals surface area contributed by atoms with E-state index in [1.165, 1.54) is 0 Å². The molecule has 1 aliphatic carbocycles. The van der Waals surface area contributed by atoms with E-state index < -0.39 is 0 Å². The first kappa shape index (κ1) is 13.8. The highest BCUT2D eigenvalue weighted by atomic mass is 16.5. The molecule has 2 aromatic rings. The first-order valence-corrected chi connectivity index (χ1v) is 7.17. The molecule has 4 nitrogen and oxygen atoms in total. The molecule has 0 N–H and O–H groups in total. The zero-order valence-corrected chi connectivity index (χ0v) is 11.8. The van der Waals surface area contributed by atoms with Crippen LogP contribution in [-0.2, 0) is 16.1 Å². The fourth-order valence-electron chi connectivity index (χ4n) is 2.58. The number of nitrogens with zero attached hydrogens (tertiary/aromatic N) is 2. The molecule has 1 unspecified atom stereocenters. The summed E-state index contributed by atoms with van der Waals surface area (Å²) < 4.78 is 7.75. The van der Waals surface area contributed by atoms with Gasteiger partial charge >= 0.3 is 0 Å². The van der Waals surface area contributed by atoms with Crippen molar-refractivity contribution in [1.29, 1.82) is 0 Å². The van der Waals surface area contributed by atoms with Crippen LogP contribution in [0.15, 0.2) is 55.1 Å². The minimum Gasteiger partial charge on any atom is -0.376 e. The van der Waals surface area contributed by atoms with Gasteiger partial charge in [-0.3, -0.25) is 4.79 Å². The second-order valence-electron chi connectivity index (χ2n) is 5.24. The molecule has 0 saturated carbocycles. The van der Waals surface area contributed by atoms with Crippen LogP contribution >= 0.6 is 0 Å². The number of carbonyl (C=O) groups excluding carboxylic acids is 1. The molecule has 0 radical (unpaired) electrons. The molecular formula is C17H18N2O2. The van der Waals surface area contributed by atoms with Crippen molar-refractivity contribution in [1.82, 2.24) is 9.55 Å². The fourth-order valence-corrected chi connectivity index (χ4v) is 2.58. The van der Waals surface area contributed by atoms with Gasteiger partial charge < -0.3 is 9.30 Å². The number of aromatic nitrogens is 2. The number of benzene rings is 1. The SMILES string of the molecule is O=C1C=C(n2ccnc2)C(COCc2ccccc2)CC1. The number of ketones is 1. The van der Waals surface area contributed by atoms with E-state index in [-0.39, 0.29) is 11.7 Å². The zero-order chi connectivity index (χ0) is 14.5. The van der Waals surface area contributed by atoms with Crippen LogP contribution < -0.4 is 0 Å². The maximum Gasteiger partial charge on any atom is 0.157 e. The number of hydrogen-bond donors (Lipinski definition) is 0. The van der Waals surface area contributed by atoms with E-state index in [1.807, 2.05) is 29.0 Å². The summed E-state index contributed by atoms with van der Waals surface area (Å²) in [5.41, 5.74) is 2.15. The second kappa shape index (κ2) is 6.50. The highest BCUT2D eigenvalue weighted by Crippen LogP contribution is 2.27. The number of rotatable bonds is 5. The average molecular weight is 282 g/mol. The lowest BCUT2D eigenvalue weighted by Crippen LogP contribution is -2.21. The Balaban J connectivity index is 1.64. The largest absolute Gasteiger partial charge is 0.376 e. The maximum atomic E-state index is 11.7. The molecule has 1 aromatic carbocycles. The van der Waals surface area contributed by atoms with Gasteiger partial charge in [0.1, 0.15) is 0 Å². The highest BCUT2D eigenvalue weighted by Gasteiger charge is 2.23. The fraction of sp³-hybridized carbons (Fsp3) is 0.294. The van der Waals surface area contributed by atoms with Gasteiger partial charge in [0, 0.05) is 36.5 Å². The molecule has 0 fully saturated rings. The van der Waals surface area contributed by atoms with Crippen molar-refractivity contribution < 1.29 is 9.53 Å². The number of ether oxygens (including phenoxy) is 1. The summed E-state index contributed by atoms with van der Waals surface area (Å²) in [4.78, 5) is 15.7. The molecule has 0 aliphatic heterocycles. The predicted molar refractivity (Wildman–Crippen MR) is 80.3 cm³/mol. The second-order valence-corrected chi connectivity index (χ2v) is 5.24. The van der Waals surface area contributed by atoms with Crippen LogP contribution in [0, 0.1) is 5.92 Å². The van der Waals surface area contributed by atoms with Crippen LogP contribution in [-0.4, -0.2) is 21.9 Å². The van der Waals surface area contributed by atoms with E-state index in [0.29, 0.717) is 19.6 Å². The Morgan fingerprint density at radius 3 is 2.90 bits per heavy atom. The average Bonchev–Trinajstić information content (AvgIpc) is 3.04. The van der Waals surface area contributed by atoms with Crippen LogP contribution in [0.2, 0.25) is 0 Å². The third kappa shape index (κ3) is 3.47. The number of imidazole rings is 1. The molecule has 0 amide bonds. The highest BCUT2D eigenvalue weighted by molar-refractivity contribution is 5.96. The summed E-state index contributed by atoms with van der Waals surface area (Å²) in [5.74, 6) is 0.415. The molecule has 0 bridgehead atoms. The zero-order valence-electron chi connectivity index (χ0n) is 11.8. The normalized spacial score (nSPS) is 18.6. The van der Waals surface area contributed by atoms with Gasteiger partial charge in [0.25, 0.3) is 0 Å². The van der Waals surface area contributed by atoms with Gasteiger partial charge in [0.05, 0.1) is 19.5 Å². The Hall–Kier alpha value is -2.20. The van der Waals surface area contributed by atoms with Crippen molar-refractivity contribution in [3.05, 3.63) is 60.7 Å². The third-order valence-electron chi connectivity index (χ3n) is 3.70. The number of allylic oxidation sites excluding steroid dienone is 1. The van der Waals surface area contributed by atoms with Crippen LogP contribution in [0.1, 0.15) is 18.4 Å². The quantitative estimate of drug-likeness (QED) is 0.847. The molecule has 4 heteroatoms. The Kier molecular flexibility index (Phi) is 4.26. The van der Waals surface area contributed by atoms with Gasteiger partial charge in [-0.05, 0) is 12.0 Å². The summed E-state index contributed by atoms with van der Waals surface area (Å²) >= 11 is 0. The van der Waals surface area contributed by atoms with E-state index in [4.69, 9.17) is 4.74 Å². The Bertz CT molecular complexity index is 618. The molecule has 1 atom stereocenters. The molecule has 21 heavy (non-hydrogen) atoms. The van der Waals surface area contributed by atoms with Crippen LogP contribution in [0.3, 0.4) is 0 Å². The van der Waals surface area contributed by atoms with E-state index >= 15 is 0 Å². The van der Waals surface area contributed by atoms with Crippen LogP contribution in [0.25, 0.3) is 5.70 Å². The molecule has 108 valence electrons. The predicted octanol–water partition coefficient (Wildman–Crippen LogP) is 2.92. The van der Waals surface area contributed by atoms with Crippen LogP contribution in [0.4, 0.5) is 0 Å². The molecular weight excluding hydrogens is 264 g/mol. The minimum atomic E-state index is 0.179. The van der Waals surface area contributed by atoms with Gasteiger partial charge in [-0.2, -0.15) is 0 Å². The van der Waals surface area contributed by atoms with Crippen molar-refractivity contribution in [2.24, 2.45) is 5.92 Å². The summed E-state index contributed by atoms with van der Waals surface area (Å²) in [7, 11) is 0. The Morgan fingerprint density at radius 1 is 1.29 bits per heavy atom. The van der Waals surface area contributed by atoms with Crippen LogP contribution in [0.5, 0.6) is 0 Å². The monoisotopic (exact) mass is 282 g/mol. The topological polar surface area (TPSA) is 44.1 Å². The van der Waals surface area contributed by atoms with E-state index in [2.05, 4.69) is 17.1 Å². The molecule has 0 spiro atoms. The molecule has 1 aromatic heterocycles. The van der Waals surface area contributed by atoms with E-state index in [0.717, 1.165) is 17.7 Å². The minimum absolute atomic E-state index is 0.179.